The van der Waals surface area contributed by atoms with Gasteiger partial charge in [0.1, 0.15) is 11.8 Å². The summed E-state index contributed by atoms with van der Waals surface area (Å²) in [5, 5.41) is 0. The number of nitrogens with two attached hydrogens (primary N) is 1. The van der Waals surface area contributed by atoms with Crippen LogP contribution >= 0.6 is 0 Å². The molecule has 2 aromatic rings. The number of anilines is 1. The van der Waals surface area contributed by atoms with E-state index in [9.17, 15) is 4.79 Å². The maximum absolute atomic E-state index is 12.0. The highest BCUT2D eigenvalue weighted by Gasteiger charge is 2.46. The van der Waals surface area contributed by atoms with Crippen molar-refractivity contribution >= 4 is 11.6 Å². The Kier molecular flexibility index (Phi) is 3.16. The Hall–Kier alpha value is -2.33. The molecular weight excluding hydrogens is 252 g/mol. The average molecular weight is 268 g/mol. The number of para-hydroxylation sites is 1. The van der Waals surface area contributed by atoms with Gasteiger partial charge in [0.05, 0.1) is 13.2 Å². The number of hydrogen-bond donors (Lipinski definition) is 1. The molecule has 0 saturated carbocycles. The number of carbonyl (C=O) groups excluding carboxylic acids is 1. The second-order valence-electron chi connectivity index (χ2n) is 4.79. The SMILES string of the molecule is COc1ccc(C2C(N)C(=O)N2c2ccccc2)cc1. The molecule has 4 nitrogen and oxygen atoms in total. The van der Waals surface area contributed by atoms with Crippen molar-refractivity contribution in [2.24, 2.45) is 5.73 Å². The number of amides is 1. The normalized spacial score (nSPS) is 21.5. The first-order valence-corrected chi connectivity index (χ1v) is 6.50. The van der Waals surface area contributed by atoms with Crippen LogP contribution in [0.5, 0.6) is 5.75 Å². The van der Waals surface area contributed by atoms with E-state index in [1.165, 1.54) is 0 Å². The molecule has 1 fully saturated rings. The lowest BCUT2D eigenvalue weighted by atomic mass is 9.88. The molecule has 2 aromatic carbocycles. The molecule has 1 saturated heterocycles. The summed E-state index contributed by atoms with van der Waals surface area (Å²) in [6.45, 7) is 0. The van der Waals surface area contributed by atoms with Gasteiger partial charge >= 0.3 is 0 Å². The Morgan fingerprint density at radius 2 is 1.70 bits per heavy atom. The molecule has 102 valence electrons. The van der Waals surface area contributed by atoms with Gasteiger partial charge in [-0.3, -0.25) is 4.79 Å². The number of methoxy groups -OCH3 is 1. The molecule has 20 heavy (non-hydrogen) atoms. The fourth-order valence-electron chi connectivity index (χ4n) is 2.55. The van der Waals surface area contributed by atoms with Crippen molar-refractivity contribution in [1.82, 2.24) is 0 Å². The summed E-state index contributed by atoms with van der Waals surface area (Å²) in [6.07, 6.45) is 0. The van der Waals surface area contributed by atoms with Crippen molar-refractivity contribution in [2.45, 2.75) is 12.1 Å². The predicted molar refractivity (Wildman–Crippen MR) is 77.6 cm³/mol. The van der Waals surface area contributed by atoms with Crippen molar-refractivity contribution in [3.05, 3.63) is 60.2 Å². The average Bonchev–Trinajstić information content (AvgIpc) is 2.52. The summed E-state index contributed by atoms with van der Waals surface area (Å²) in [5.41, 5.74) is 7.86. The molecule has 1 aliphatic rings. The Morgan fingerprint density at radius 1 is 1.05 bits per heavy atom. The first kappa shape index (κ1) is 12.7. The van der Waals surface area contributed by atoms with Crippen molar-refractivity contribution in [3.8, 4) is 5.75 Å². The van der Waals surface area contributed by atoms with Gasteiger partial charge in [-0.25, -0.2) is 0 Å². The van der Waals surface area contributed by atoms with Crippen LogP contribution in [0.4, 0.5) is 5.69 Å². The second kappa shape index (κ2) is 4.98. The van der Waals surface area contributed by atoms with Crippen LogP contribution in [0.2, 0.25) is 0 Å². The van der Waals surface area contributed by atoms with Gasteiger partial charge in [0.15, 0.2) is 0 Å². The van der Waals surface area contributed by atoms with Crippen LogP contribution < -0.4 is 15.4 Å². The number of ether oxygens (including phenoxy) is 1. The lowest BCUT2D eigenvalue weighted by Crippen LogP contribution is -2.63. The summed E-state index contributed by atoms with van der Waals surface area (Å²) in [7, 11) is 1.63. The lowest BCUT2D eigenvalue weighted by molar-refractivity contribution is -0.126. The summed E-state index contributed by atoms with van der Waals surface area (Å²) < 4.78 is 5.15. The number of rotatable bonds is 3. The van der Waals surface area contributed by atoms with Crippen molar-refractivity contribution in [3.63, 3.8) is 0 Å². The molecule has 0 aromatic heterocycles. The van der Waals surface area contributed by atoms with Crippen LogP contribution in [0.3, 0.4) is 0 Å². The van der Waals surface area contributed by atoms with Gasteiger partial charge in [-0.05, 0) is 29.8 Å². The van der Waals surface area contributed by atoms with E-state index >= 15 is 0 Å². The highest BCUT2D eigenvalue weighted by Crippen LogP contribution is 2.38. The first-order valence-electron chi connectivity index (χ1n) is 6.50. The molecule has 2 N–H and O–H groups in total. The minimum Gasteiger partial charge on any atom is -0.497 e. The minimum absolute atomic E-state index is 0.0444. The Bertz CT molecular complexity index is 610. The van der Waals surface area contributed by atoms with Gasteiger partial charge in [0.25, 0.3) is 0 Å². The Morgan fingerprint density at radius 3 is 2.30 bits per heavy atom. The van der Waals surface area contributed by atoms with E-state index in [0.717, 1.165) is 17.0 Å². The fourth-order valence-corrected chi connectivity index (χ4v) is 2.55. The zero-order valence-electron chi connectivity index (χ0n) is 11.2. The van der Waals surface area contributed by atoms with Gasteiger partial charge in [0, 0.05) is 5.69 Å². The smallest absolute Gasteiger partial charge is 0.247 e. The standard InChI is InChI=1S/C16H16N2O2/c1-20-13-9-7-11(8-10-13)15-14(17)16(19)18(15)12-5-3-2-4-6-12/h2-10,14-15H,17H2,1H3. The monoisotopic (exact) mass is 268 g/mol. The van der Waals surface area contributed by atoms with Gasteiger partial charge in [0.2, 0.25) is 5.91 Å². The summed E-state index contributed by atoms with van der Waals surface area (Å²) in [4.78, 5) is 13.8. The zero-order valence-corrected chi connectivity index (χ0v) is 11.2. The number of β-lactam (4-membered cyclic amide) rings is 1. The molecule has 3 rings (SSSR count). The number of hydrogen-bond acceptors (Lipinski definition) is 3. The number of benzene rings is 2. The molecule has 0 aliphatic carbocycles. The molecule has 1 amide bonds. The molecular formula is C16H16N2O2. The van der Waals surface area contributed by atoms with Crippen LogP contribution in [-0.2, 0) is 4.79 Å². The van der Waals surface area contributed by atoms with Gasteiger partial charge in [-0.2, -0.15) is 0 Å². The van der Waals surface area contributed by atoms with Crippen LogP contribution in [0, 0.1) is 0 Å². The summed E-state index contributed by atoms with van der Waals surface area (Å²) >= 11 is 0. The molecule has 1 heterocycles. The van der Waals surface area contributed by atoms with Gasteiger partial charge in [-0.15, -0.1) is 0 Å². The van der Waals surface area contributed by atoms with Crippen molar-refractivity contribution in [1.29, 1.82) is 0 Å². The maximum atomic E-state index is 12.0. The number of carbonyl (C=O) groups is 1. The number of nitrogens with zero attached hydrogens (tertiary/aromatic N) is 1. The topological polar surface area (TPSA) is 55.6 Å². The summed E-state index contributed by atoms with van der Waals surface area (Å²) in [5.74, 6) is 0.747. The highest BCUT2D eigenvalue weighted by molar-refractivity contribution is 6.05. The van der Waals surface area contributed by atoms with E-state index in [0.29, 0.717) is 0 Å². The highest BCUT2D eigenvalue weighted by atomic mass is 16.5. The van der Waals surface area contributed by atoms with Crippen LogP contribution in [0.15, 0.2) is 54.6 Å². The van der Waals surface area contributed by atoms with E-state index in [4.69, 9.17) is 10.5 Å². The third-order valence-electron chi connectivity index (χ3n) is 3.63. The van der Waals surface area contributed by atoms with Gasteiger partial charge < -0.3 is 15.4 Å². The van der Waals surface area contributed by atoms with E-state index in [1.54, 1.807) is 12.0 Å². The van der Waals surface area contributed by atoms with Crippen molar-refractivity contribution < 1.29 is 9.53 Å². The predicted octanol–water partition coefficient (Wildman–Crippen LogP) is 2.11. The molecule has 4 heteroatoms. The van der Waals surface area contributed by atoms with E-state index in [2.05, 4.69) is 0 Å². The first-order chi connectivity index (χ1) is 9.72. The fraction of sp³-hybridized carbons (Fsp3) is 0.188. The van der Waals surface area contributed by atoms with Crippen molar-refractivity contribution in [2.75, 3.05) is 12.0 Å². The molecule has 0 bridgehead atoms. The van der Waals surface area contributed by atoms with Crippen LogP contribution in [0.25, 0.3) is 0 Å². The Labute approximate surface area is 117 Å². The maximum Gasteiger partial charge on any atom is 0.247 e. The van der Waals surface area contributed by atoms with Gasteiger partial charge in [-0.1, -0.05) is 30.3 Å². The third kappa shape index (κ3) is 1.94. The summed E-state index contributed by atoms with van der Waals surface area (Å²) in [6, 6.07) is 16.7. The molecule has 2 atom stereocenters. The van der Waals surface area contributed by atoms with E-state index < -0.39 is 6.04 Å². The largest absolute Gasteiger partial charge is 0.497 e. The molecule has 1 aliphatic heterocycles. The quantitative estimate of drug-likeness (QED) is 0.867. The lowest BCUT2D eigenvalue weighted by Gasteiger charge is -2.45. The minimum atomic E-state index is -0.483. The molecule has 0 spiro atoms. The van der Waals surface area contributed by atoms with Crippen LogP contribution in [-0.4, -0.2) is 19.1 Å². The van der Waals surface area contributed by atoms with E-state index in [-0.39, 0.29) is 11.9 Å². The zero-order chi connectivity index (χ0) is 14.1. The molecule has 0 radical (unpaired) electrons. The third-order valence-corrected chi connectivity index (χ3v) is 3.63. The molecule has 2 unspecified atom stereocenters. The van der Waals surface area contributed by atoms with Crippen LogP contribution in [0.1, 0.15) is 11.6 Å². The van der Waals surface area contributed by atoms with E-state index in [1.807, 2.05) is 54.6 Å². The Balaban J connectivity index is 1.92. The second-order valence-corrected chi connectivity index (χ2v) is 4.79.